The van der Waals surface area contributed by atoms with Gasteiger partial charge in [-0.1, -0.05) is 60.7 Å². The van der Waals surface area contributed by atoms with Gasteiger partial charge >= 0.3 is 0 Å². The Morgan fingerprint density at radius 3 is 1.04 bits per heavy atom. The highest BCUT2D eigenvalue weighted by molar-refractivity contribution is 6.10. The molecule has 4 heterocycles. The summed E-state index contributed by atoms with van der Waals surface area (Å²) in [6.45, 7) is 0. The first-order valence-corrected chi connectivity index (χ1v) is 15.0. The SMILES string of the molecule is c1ccc2c(c1)oc1ccc(-c3cncc(-c4ccc5oc6ccc(-c7ccc8oc9ccccc9c8c7)cc6c5c4)c3)cc12. The van der Waals surface area contributed by atoms with Crippen LogP contribution in [-0.2, 0) is 0 Å². The molecule has 0 aliphatic carbocycles. The minimum atomic E-state index is 0.864. The van der Waals surface area contributed by atoms with Crippen molar-refractivity contribution in [1.82, 2.24) is 4.98 Å². The Kier molecular flexibility index (Phi) is 4.96. The summed E-state index contributed by atoms with van der Waals surface area (Å²) < 4.78 is 18.4. The van der Waals surface area contributed by atoms with Crippen LogP contribution in [0.1, 0.15) is 0 Å². The second-order valence-corrected chi connectivity index (χ2v) is 11.6. The molecule has 0 aliphatic rings. The standard InChI is InChI=1S/C41H23NO3/c1-3-7-36-30(5-1)32-18-24(9-13-38(32)43-36)25-10-14-40-34(19-25)35-21-27(12-16-41(35)45-40)29-17-28(22-42-23-29)26-11-15-39-33(20-26)31-6-2-4-8-37(31)44-39/h1-23H. The summed E-state index contributed by atoms with van der Waals surface area (Å²) in [5.74, 6) is 0. The third kappa shape index (κ3) is 3.76. The van der Waals surface area contributed by atoms with Gasteiger partial charge in [-0.15, -0.1) is 0 Å². The molecule has 10 rings (SSSR count). The number of rotatable bonds is 3. The van der Waals surface area contributed by atoms with Crippen molar-refractivity contribution in [1.29, 1.82) is 0 Å². The quantitative estimate of drug-likeness (QED) is 0.210. The number of furan rings is 3. The molecular weight excluding hydrogens is 554 g/mol. The molecule has 210 valence electrons. The third-order valence-corrected chi connectivity index (χ3v) is 8.96. The highest BCUT2D eigenvalue weighted by Crippen LogP contribution is 2.38. The van der Waals surface area contributed by atoms with E-state index in [9.17, 15) is 0 Å². The molecule has 0 bridgehead atoms. The van der Waals surface area contributed by atoms with E-state index in [0.29, 0.717) is 0 Å². The van der Waals surface area contributed by atoms with Crippen LogP contribution >= 0.6 is 0 Å². The molecule has 4 aromatic heterocycles. The van der Waals surface area contributed by atoms with Crippen molar-refractivity contribution in [3.8, 4) is 33.4 Å². The summed E-state index contributed by atoms with van der Waals surface area (Å²) in [7, 11) is 0. The maximum atomic E-state index is 6.27. The van der Waals surface area contributed by atoms with Gasteiger partial charge in [-0.25, -0.2) is 0 Å². The Balaban J connectivity index is 1.07. The highest BCUT2D eigenvalue weighted by Gasteiger charge is 2.14. The highest BCUT2D eigenvalue weighted by atomic mass is 16.3. The molecule has 0 spiro atoms. The van der Waals surface area contributed by atoms with E-state index in [1.165, 1.54) is 0 Å². The van der Waals surface area contributed by atoms with Crippen LogP contribution in [0.3, 0.4) is 0 Å². The normalized spacial score (nSPS) is 12.0. The van der Waals surface area contributed by atoms with Crippen LogP contribution in [0.2, 0.25) is 0 Å². The monoisotopic (exact) mass is 577 g/mol. The zero-order valence-corrected chi connectivity index (χ0v) is 24.0. The molecule has 0 saturated carbocycles. The number of aromatic nitrogens is 1. The van der Waals surface area contributed by atoms with Crippen molar-refractivity contribution in [2.75, 3.05) is 0 Å². The van der Waals surface area contributed by atoms with Crippen molar-refractivity contribution in [2.24, 2.45) is 0 Å². The van der Waals surface area contributed by atoms with E-state index in [-0.39, 0.29) is 0 Å². The second kappa shape index (κ2) is 9.18. The predicted octanol–water partition coefficient (Wildman–Crippen LogP) is 11.8. The molecule has 0 aliphatic heterocycles. The van der Waals surface area contributed by atoms with Crippen molar-refractivity contribution >= 4 is 65.8 Å². The average Bonchev–Trinajstić information content (AvgIpc) is 3.78. The maximum absolute atomic E-state index is 6.27. The van der Waals surface area contributed by atoms with Gasteiger partial charge < -0.3 is 13.3 Å². The van der Waals surface area contributed by atoms with Gasteiger partial charge in [0.1, 0.15) is 33.5 Å². The molecule has 0 saturated heterocycles. The van der Waals surface area contributed by atoms with Crippen molar-refractivity contribution in [3.63, 3.8) is 0 Å². The first-order chi connectivity index (χ1) is 22.2. The summed E-state index contributed by atoms with van der Waals surface area (Å²) in [6.07, 6.45) is 3.85. The second-order valence-electron chi connectivity index (χ2n) is 11.6. The van der Waals surface area contributed by atoms with Crippen LogP contribution in [-0.4, -0.2) is 4.98 Å². The summed E-state index contributed by atoms with van der Waals surface area (Å²) in [5, 5.41) is 6.64. The predicted molar refractivity (Wildman–Crippen MR) is 182 cm³/mol. The molecule has 0 N–H and O–H groups in total. The first kappa shape index (κ1) is 24.3. The topological polar surface area (TPSA) is 52.3 Å². The molecule has 0 atom stereocenters. The average molecular weight is 578 g/mol. The van der Waals surface area contributed by atoms with Gasteiger partial charge in [0.25, 0.3) is 0 Å². The fraction of sp³-hybridized carbons (Fsp3) is 0. The molecule has 10 aromatic rings. The molecule has 4 nitrogen and oxygen atoms in total. The molecule has 0 radical (unpaired) electrons. The fourth-order valence-corrected chi connectivity index (χ4v) is 6.70. The smallest absolute Gasteiger partial charge is 0.135 e. The van der Waals surface area contributed by atoms with Crippen molar-refractivity contribution in [2.45, 2.75) is 0 Å². The third-order valence-electron chi connectivity index (χ3n) is 8.96. The Labute approximate surface area is 256 Å². The van der Waals surface area contributed by atoms with E-state index in [0.717, 1.165) is 99.2 Å². The molecular formula is C41H23NO3. The summed E-state index contributed by atoms with van der Waals surface area (Å²) in [5.41, 5.74) is 11.9. The van der Waals surface area contributed by atoms with Crippen LogP contribution in [0, 0.1) is 0 Å². The Morgan fingerprint density at radius 1 is 0.289 bits per heavy atom. The number of hydrogen-bond acceptors (Lipinski definition) is 4. The van der Waals surface area contributed by atoms with Gasteiger partial charge in [-0.05, 0) is 89.0 Å². The number of benzene rings is 6. The number of hydrogen-bond donors (Lipinski definition) is 0. The van der Waals surface area contributed by atoms with Crippen LogP contribution in [0.25, 0.3) is 99.2 Å². The maximum Gasteiger partial charge on any atom is 0.135 e. The van der Waals surface area contributed by atoms with E-state index in [1.54, 1.807) is 0 Å². The molecule has 45 heavy (non-hydrogen) atoms. The van der Waals surface area contributed by atoms with E-state index < -0.39 is 0 Å². The molecule has 0 fully saturated rings. The van der Waals surface area contributed by atoms with E-state index in [2.05, 4.69) is 96.0 Å². The lowest BCUT2D eigenvalue weighted by Gasteiger charge is -2.06. The van der Waals surface area contributed by atoms with Crippen molar-refractivity contribution < 1.29 is 13.3 Å². The zero-order chi connectivity index (χ0) is 29.5. The van der Waals surface area contributed by atoms with Gasteiger partial charge in [0.2, 0.25) is 0 Å². The molecule has 0 amide bonds. The van der Waals surface area contributed by atoms with Gasteiger partial charge in [0, 0.05) is 55.8 Å². The van der Waals surface area contributed by atoms with Gasteiger partial charge in [-0.3, -0.25) is 4.98 Å². The van der Waals surface area contributed by atoms with Gasteiger partial charge in [0.05, 0.1) is 0 Å². The molecule has 4 heteroatoms. The summed E-state index contributed by atoms with van der Waals surface area (Å²) in [6, 6.07) is 44.1. The lowest BCUT2D eigenvalue weighted by molar-refractivity contribution is 0.668. The molecule has 6 aromatic carbocycles. The minimum absolute atomic E-state index is 0.864. The number of nitrogens with zero attached hydrogens (tertiary/aromatic N) is 1. The van der Waals surface area contributed by atoms with Crippen LogP contribution in [0.5, 0.6) is 0 Å². The van der Waals surface area contributed by atoms with Gasteiger partial charge in [0.15, 0.2) is 0 Å². The fourth-order valence-electron chi connectivity index (χ4n) is 6.70. The van der Waals surface area contributed by atoms with Crippen LogP contribution < -0.4 is 0 Å². The van der Waals surface area contributed by atoms with Crippen LogP contribution in [0.15, 0.2) is 153 Å². The number of pyridine rings is 1. The number of para-hydroxylation sites is 2. The minimum Gasteiger partial charge on any atom is -0.456 e. The van der Waals surface area contributed by atoms with Gasteiger partial charge in [-0.2, -0.15) is 0 Å². The van der Waals surface area contributed by atoms with E-state index >= 15 is 0 Å². The first-order valence-electron chi connectivity index (χ1n) is 15.0. The zero-order valence-electron chi connectivity index (χ0n) is 24.0. The Bertz CT molecular complexity index is 2780. The lowest BCUT2D eigenvalue weighted by atomic mass is 9.98. The number of fused-ring (bicyclic) bond motifs is 9. The summed E-state index contributed by atoms with van der Waals surface area (Å²) >= 11 is 0. The van der Waals surface area contributed by atoms with Crippen molar-refractivity contribution in [3.05, 3.63) is 140 Å². The molecule has 0 unspecified atom stereocenters. The van der Waals surface area contributed by atoms with Crippen LogP contribution in [0.4, 0.5) is 0 Å². The Hall–Kier alpha value is -6.13. The Morgan fingerprint density at radius 2 is 0.622 bits per heavy atom. The largest absolute Gasteiger partial charge is 0.456 e. The summed E-state index contributed by atoms with van der Waals surface area (Å²) in [4.78, 5) is 4.64. The lowest BCUT2D eigenvalue weighted by Crippen LogP contribution is -1.84. The van der Waals surface area contributed by atoms with E-state index in [1.807, 2.05) is 48.8 Å². The van der Waals surface area contributed by atoms with E-state index in [4.69, 9.17) is 13.3 Å².